The molecule has 6 nitrogen and oxygen atoms in total. The summed E-state index contributed by atoms with van der Waals surface area (Å²) in [5.41, 5.74) is 2.84. The van der Waals surface area contributed by atoms with Crippen molar-refractivity contribution in [3.63, 3.8) is 0 Å². The van der Waals surface area contributed by atoms with Gasteiger partial charge in [0.05, 0.1) is 17.6 Å². The third-order valence-electron chi connectivity index (χ3n) is 4.12. The Morgan fingerprint density at radius 2 is 2.08 bits per heavy atom. The molecule has 0 saturated heterocycles. The van der Waals surface area contributed by atoms with Crippen molar-refractivity contribution in [3.05, 3.63) is 59.9 Å². The van der Waals surface area contributed by atoms with Crippen molar-refractivity contribution in [1.29, 1.82) is 0 Å². The van der Waals surface area contributed by atoms with Gasteiger partial charge in [0.1, 0.15) is 5.82 Å². The number of imidazole rings is 1. The molecule has 1 aliphatic heterocycles. The number of hydrogen-bond acceptors (Lipinski definition) is 4. The molecule has 0 fully saturated rings. The summed E-state index contributed by atoms with van der Waals surface area (Å²) in [6.45, 7) is 0.608. The van der Waals surface area contributed by atoms with E-state index in [2.05, 4.69) is 10.3 Å². The molecule has 1 N–H and O–H groups in total. The molecule has 126 valence electrons. The predicted molar refractivity (Wildman–Crippen MR) is 94.2 cm³/mol. The quantitative estimate of drug-likeness (QED) is 0.745. The second-order valence-electron chi connectivity index (χ2n) is 5.74. The van der Waals surface area contributed by atoms with E-state index in [9.17, 15) is 4.79 Å². The highest BCUT2D eigenvalue weighted by Gasteiger charge is 2.12. The number of aromatic nitrogens is 2. The monoisotopic (exact) mass is 335 g/mol. The number of nitrogens with one attached hydrogen (secondary N) is 1. The van der Waals surface area contributed by atoms with Gasteiger partial charge in [-0.3, -0.25) is 4.79 Å². The molecule has 0 spiro atoms. The minimum atomic E-state index is -0.176. The largest absolute Gasteiger partial charge is 0.454 e. The summed E-state index contributed by atoms with van der Waals surface area (Å²) in [5, 5.41) is 2.86. The summed E-state index contributed by atoms with van der Waals surface area (Å²) in [5.74, 6) is 2.06. The summed E-state index contributed by atoms with van der Waals surface area (Å²) in [6.07, 6.45) is 3.24. The molecule has 0 atom stereocenters. The first kappa shape index (κ1) is 15.3. The zero-order valence-electron chi connectivity index (χ0n) is 13.7. The standard InChI is InChI=1S/C19H17N3O3/c1-22-15-5-3-2-4-14(15)21-18(22)11-20-19(23)9-7-13-6-8-16-17(10-13)25-12-24-16/h2-10H,11-12H2,1H3,(H,20,23)/b9-7+. The Kier molecular flexibility index (Phi) is 3.85. The van der Waals surface area contributed by atoms with E-state index in [1.165, 1.54) is 6.08 Å². The van der Waals surface area contributed by atoms with E-state index in [4.69, 9.17) is 9.47 Å². The van der Waals surface area contributed by atoms with Gasteiger partial charge in [0.15, 0.2) is 11.5 Å². The fourth-order valence-electron chi connectivity index (χ4n) is 2.77. The molecule has 1 aliphatic rings. The van der Waals surface area contributed by atoms with Gasteiger partial charge >= 0.3 is 0 Å². The van der Waals surface area contributed by atoms with Crippen LogP contribution in [0.5, 0.6) is 11.5 Å². The molecular formula is C19H17N3O3. The van der Waals surface area contributed by atoms with Crippen LogP contribution >= 0.6 is 0 Å². The number of benzene rings is 2. The highest BCUT2D eigenvalue weighted by atomic mass is 16.7. The van der Waals surface area contributed by atoms with Gasteiger partial charge < -0.3 is 19.4 Å². The van der Waals surface area contributed by atoms with Crippen LogP contribution in [0.25, 0.3) is 17.1 Å². The van der Waals surface area contributed by atoms with Crippen LogP contribution in [0.2, 0.25) is 0 Å². The van der Waals surface area contributed by atoms with E-state index in [0.717, 1.165) is 28.2 Å². The second-order valence-corrected chi connectivity index (χ2v) is 5.74. The number of carbonyl (C=O) groups excluding carboxylic acids is 1. The molecule has 3 aromatic rings. The van der Waals surface area contributed by atoms with Gasteiger partial charge in [-0.05, 0) is 35.9 Å². The maximum atomic E-state index is 12.1. The number of ether oxygens (including phenoxy) is 2. The zero-order chi connectivity index (χ0) is 17.2. The van der Waals surface area contributed by atoms with E-state index in [1.807, 2.05) is 54.1 Å². The van der Waals surface area contributed by atoms with Gasteiger partial charge in [-0.15, -0.1) is 0 Å². The molecule has 0 unspecified atom stereocenters. The first-order chi connectivity index (χ1) is 12.2. The van der Waals surface area contributed by atoms with Crippen LogP contribution in [0.3, 0.4) is 0 Å². The fourth-order valence-corrected chi connectivity index (χ4v) is 2.77. The van der Waals surface area contributed by atoms with Gasteiger partial charge in [0.2, 0.25) is 12.7 Å². The molecule has 1 aromatic heterocycles. The number of carbonyl (C=O) groups is 1. The fraction of sp³-hybridized carbons (Fsp3) is 0.158. The number of nitrogens with zero attached hydrogens (tertiary/aromatic N) is 2. The summed E-state index contributed by atoms with van der Waals surface area (Å²) in [6, 6.07) is 13.4. The lowest BCUT2D eigenvalue weighted by Gasteiger charge is -2.03. The number of fused-ring (bicyclic) bond motifs is 2. The summed E-state index contributed by atoms with van der Waals surface area (Å²) >= 11 is 0. The number of para-hydroxylation sites is 2. The van der Waals surface area contributed by atoms with Crippen LogP contribution in [0.1, 0.15) is 11.4 Å². The molecule has 2 heterocycles. The van der Waals surface area contributed by atoms with E-state index >= 15 is 0 Å². The average Bonchev–Trinajstić information content (AvgIpc) is 3.22. The van der Waals surface area contributed by atoms with Crippen LogP contribution in [0, 0.1) is 0 Å². The first-order valence-electron chi connectivity index (χ1n) is 7.96. The predicted octanol–water partition coefficient (Wildman–Crippen LogP) is 2.63. The van der Waals surface area contributed by atoms with E-state index in [1.54, 1.807) is 6.08 Å². The molecule has 1 amide bonds. The van der Waals surface area contributed by atoms with E-state index in [-0.39, 0.29) is 12.7 Å². The van der Waals surface area contributed by atoms with E-state index in [0.29, 0.717) is 12.3 Å². The van der Waals surface area contributed by atoms with Gasteiger partial charge in [-0.25, -0.2) is 4.98 Å². The third-order valence-corrected chi connectivity index (χ3v) is 4.12. The number of hydrogen-bond donors (Lipinski definition) is 1. The second kappa shape index (κ2) is 6.32. The highest BCUT2D eigenvalue weighted by Crippen LogP contribution is 2.32. The topological polar surface area (TPSA) is 65.4 Å². The van der Waals surface area contributed by atoms with Crippen molar-refractivity contribution in [2.45, 2.75) is 6.54 Å². The van der Waals surface area contributed by atoms with Gasteiger partial charge in [-0.2, -0.15) is 0 Å². The molecule has 0 saturated carbocycles. The Labute approximate surface area is 144 Å². The lowest BCUT2D eigenvalue weighted by Crippen LogP contribution is -2.22. The van der Waals surface area contributed by atoms with Crippen LogP contribution < -0.4 is 14.8 Å². The van der Waals surface area contributed by atoms with Crippen molar-refractivity contribution < 1.29 is 14.3 Å². The molecule has 6 heteroatoms. The average molecular weight is 335 g/mol. The van der Waals surface area contributed by atoms with Gasteiger partial charge in [0.25, 0.3) is 0 Å². The van der Waals surface area contributed by atoms with Crippen molar-refractivity contribution in [2.24, 2.45) is 7.05 Å². The lowest BCUT2D eigenvalue weighted by atomic mass is 10.2. The summed E-state index contributed by atoms with van der Waals surface area (Å²) in [7, 11) is 1.94. The normalized spacial score (nSPS) is 12.8. The molecule has 25 heavy (non-hydrogen) atoms. The highest BCUT2D eigenvalue weighted by molar-refractivity contribution is 5.91. The summed E-state index contributed by atoms with van der Waals surface area (Å²) in [4.78, 5) is 16.6. The molecule has 0 aliphatic carbocycles. The van der Waals surface area contributed by atoms with Crippen molar-refractivity contribution in [3.8, 4) is 11.5 Å². The lowest BCUT2D eigenvalue weighted by molar-refractivity contribution is -0.116. The van der Waals surface area contributed by atoms with Crippen molar-refractivity contribution >= 4 is 23.0 Å². The number of rotatable bonds is 4. The minimum absolute atomic E-state index is 0.176. The van der Waals surface area contributed by atoms with E-state index < -0.39 is 0 Å². The SMILES string of the molecule is Cn1c(CNC(=O)/C=C/c2ccc3c(c2)OCO3)nc2ccccc21. The van der Waals surface area contributed by atoms with Gasteiger partial charge in [0, 0.05) is 13.1 Å². The maximum Gasteiger partial charge on any atom is 0.244 e. The molecular weight excluding hydrogens is 318 g/mol. The Morgan fingerprint density at radius 1 is 1.24 bits per heavy atom. The minimum Gasteiger partial charge on any atom is -0.454 e. The Balaban J connectivity index is 1.41. The van der Waals surface area contributed by atoms with Crippen LogP contribution in [0.4, 0.5) is 0 Å². The van der Waals surface area contributed by atoms with Crippen molar-refractivity contribution in [2.75, 3.05) is 6.79 Å². The molecule has 0 bridgehead atoms. The smallest absolute Gasteiger partial charge is 0.244 e. The van der Waals surface area contributed by atoms with Gasteiger partial charge in [-0.1, -0.05) is 18.2 Å². The molecule has 4 rings (SSSR count). The Morgan fingerprint density at radius 3 is 2.96 bits per heavy atom. The number of aryl methyl sites for hydroxylation is 1. The zero-order valence-corrected chi connectivity index (χ0v) is 13.7. The van der Waals surface area contributed by atoms with Crippen LogP contribution in [0.15, 0.2) is 48.5 Å². The van der Waals surface area contributed by atoms with Crippen LogP contribution in [-0.4, -0.2) is 22.3 Å². The number of amides is 1. The first-order valence-corrected chi connectivity index (χ1v) is 7.96. The van der Waals surface area contributed by atoms with Crippen molar-refractivity contribution in [1.82, 2.24) is 14.9 Å². The molecule has 2 aromatic carbocycles. The summed E-state index contributed by atoms with van der Waals surface area (Å²) < 4.78 is 12.6. The van der Waals surface area contributed by atoms with Crippen LogP contribution in [-0.2, 0) is 18.4 Å². The molecule has 0 radical (unpaired) electrons. The third kappa shape index (κ3) is 3.06. The maximum absolute atomic E-state index is 12.1. The Bertz CT molecular complexity index is 975. The Hall–Kier alpha value is -3.28.